The summed E-state index contributed by atoms with van der Waals surface area (Å²) in [5, 5.41) is 11.2. The molecule has 2 heterocycles. The van der Waals surface area contributed by atoms with Gasteiger partial charge in [-0.25, -0.2) is 4.98 Å². The number of nitrogens with zero attached hydrogens (tertiary/aromatic N) is 2. The van der Waals surface area contributed by atoms with E-state index in [2.05, 4.69) is 9.97 Å². The van der Waals surface area contributed by atoms with E-state index in [0.29, 0.717) is 5.52 Å². The van der Waals surface area contributed by atoms with Crippen molar-refractivity contribution in [2.45, 2.75) is 20.8 Å². The zero-order chi connectivity index (χ0) is 15.7. The summed E-state index contributed by atoms with van der Waals surface area (Å²) in [5.74, 6) is 0.257. The zero-order valence-electron chi connectivity index (χ0n) is 13.0. The molecule has 0 fully saturated rings. The summed E-state index contributed by atoms with van der Waals surface area (Å²) in [6.45, 7) is 5.89. The van der Waals surface area contributed by atoms with Crippen LogP contribution in [0, 0.1) is 20.8 Å². The summed E-state index contributed by atoms with van der Waals surface area (Å²) >= 11 is 0. The van der Waals surface area contributed by atoms with Crippen molar-refractivity contribution in [2.24, 2.45) is 0 Å². The molecule has 0 bridgehead atoms. The maximum atomic E-state index is 10.2. The summed E-state index contributed by atoms with van der Waals surface area (Å²) in [6.07, 6.45) is 5.74. The Labute approximate surface area is 130 Å². The van der Waals surface area contributed by atoms with Crippen LogP contribution in [0.4, 0.5) is 0 Å². The summed E-state index contributed by atoms with van der Waals surface area (Å²) in [4.78, 5) is 8.84. The molecule has 110 valence electrons. The Morgan fingerprint density at radius 3 is 2.50 bits per heavy atom. The quantitative estimate of drug-likeness (QED) is 0.759. The van der Waals surface area contributed by atoms with Crippen LogP contribution in [0.15, 0.2) is 36.5 Å². The number of pyridine rings is 2. The van der Waals surface area contributed by atoms with Crippen molar-refractivity contribution in [1.82, 2.24) is 9.97 Å². The average Bonchev–Trinajstić information content (AvgIpc) is 2.52. The maximum Gasteiger partial charge on any atom is 0.144 e. The van der Waals surface area contributed by atoms with Crippen molar-refractivity contribution in [2.75, 3.05) is 0 Å². The van der Waals surface area contributed by atoms with E-state index in [1.807, 2.05) is 69.5 Å². The Morgan fingerprint density at radius 2 is 1.77 bits per heavy atom. The highest BCUT2D eigenvalue weighted by Gasteiger charge is 2.08. The van der Waals surface area contributed by atoms with Crippen LogP contribution in [0.3, 0.4) is 0 Å². The van der Waals surface area contributed by atoms with Gasteiger partial charge in [-0.2, -0.15) is 0 Å². The van der Waals surface area contributed by atoms with Crippen LogP contribution in [0.1, 0.15) is 28.1 Å². The van der Waals surface area contributed by atoms with Gasteiger partial charge < -0.3 is 5.11 Å². The third kappa shape index (κ3) is 2.70. The zero-order valence-corrected chi connectivity index (χ0v) is 13.0. The molecule has 0 radical (unpaired) electrons. The fourth-order valence-corrected chi connectivity index (χ4v) is 2.48. The molecule has 0 aliphatic rings. The van der Waals surface area contributed by atoms with Crippen molar-refractivity contribution in [3.63, 3.8) is 0 Å². The number of benzene rings is 1. The van der Waals surface area contributed by atoms with Crippen LogP contribution in [-0.2, 0) is 0 Å². The van der Waals surface area contributed by atoms with Crippen molar-refractivity contribution in [1.29, 1.82) is 0 Å². The number of aromatic nitrogens is 2. The Bertz CT molecular complexity index is 865. The van der Waals surface area contributed by atoms with Gasteiger partial charge in [-0.3, -0.25) is 4.98 Å². The second kappa shape index (κ2) is 5.60. The van der Waals surface area contributed by atoms with Gasteiger partial charge in [0.1, 0.15) is 11.3 Å². The number of phenols is 1. The van der Waals surface area contributed by atoms with Crippen molar-refractivity contribution < 1.29 is 5.11 Å². The van der Waals surface area contributed by atoms with Gasteiger partial charge in [-0.1, -0.05) is 24.3 Å². The molecule has 3 rings (SSSR count). The molecule has 3 heteroatoms. The normalized spacial score (nSPS) is 11.4. The van der Waals surface area contributed by atoms with Gasteiger partial charge in [0.25, 0.3) is 0 Å². The second-order valence-corrected chi connectivity index (χ2v) is 5.56. The molecule has 2 aromatic heterocycles. The molecule has 1 N–H and O–H groups in total. The molecular weight excluding hydrogens is 272 g/mol. The van der Waals surface area contributed by atoms with Crippen LogP contribution >= 0.6 is 0 Å². The lowest BCUT2D eigenvalue weighted by molar-refractivity contribution is 0.476. The number of fused-ring (bicyclic) bond motifs is 1. The highest BCUT2D eigenvalue weighted by atomic mass is 16.3. The molecule has 1 aromatic carbocycles. The van der Waals surface area contributed by atoms with Gasteiger partial charge in [0.15, 0.2) is 0 Å². The lowest BCUT2D eigenvalue weighted by atomic mass is 10.0. The van der Waals surface area contributed by atoms with Gasteiger partial charge in [0, 0.05) is 17.3 Å². The number of aromatic hydroxyl groups is 1. The fourth-order valence-electron chi connectivity index (χ4n) is 2.48. The average molecular weight is 290 g/mol. The third-order valence-electron chi connectivity index (χ3n) is 3.75. The smallest absolute Gasteiger partial charge is 0.144 e. The number of hydrogen-bond donors (Lipinski definition) is 1. The van der Waals surface area contributed by atoms with Gasteiger partial charge in [-0.05, 0) is 55.7 Å². The van der Waals surface area contributed by atoms with Crippen molar-refractivity contribution >= 4 is 23.1 Å². The molecule has 0 spiro atoms. The molecule has 0 aliphatic heterocycles. The molecule has 0 saturated carbocycles. The Morgan fingerprint density at radius 1 is 0.955 bits per heavy atom. The highest BCUT2D eigenvalue weighted by Crippen LogP contribution is 2.29. The molecular formula is C19H18N2O. The minimum atomic E-state index is 0.257. The molecule has 0 saturated heterocycles. The Hall–Kier alpha value is -2.68. The lowest BCUT2D eigenvalue weighted by Gasteiger charge is -2.07. The van der Waals surface area contributed by atoms with Gasteiger partial charge in [0.05, 0.1) is 5.69 Å². The van der Waals surface area contributed by atoms with Crippen LogP contribution in [0.2, 0.25) is 0 Å². The predicted octanol–water partition coefficient (Wildman–Crippen LogP) is 4.43. The van der Waals surface area contributed by atoms with E-state index in [9.17, 15) is 5.11 Å². The number of phenolic OH excluding ortho intramolecular Hbond substituents is 1. The van der Waals surface area contributed by atoms with E-state index in [1.54, 1.807) is 0 Å². The molecule has 0 amide bonds. The fraction of sp³-hybridized carbons (Fsp3) is 0.158. The van der Waals surface area contributed by atoms with Crippen molar-refractivity contribution in [3.05, 3.63) is 64.6 Å². The number of rotatable bonds is 2. The van der Waals surface area contributed by atoms with Crippen LogP contribution in [0.5, 0.6) is 5.75 Å². The SMILES string of the molecule is Cc1ccc(C=Cc2ccc3c(C)cc(C)c(O)c3n2)cn1. The van der Waals surface area contributed by atoms with E-state index in [0.717, 1.165) is 33.5 Å². The Balaban J connectivity index is 2.01. The molecule has 3 aromatic rings. The summed E-state index contributed by atoms with van der Waals surface area (Å²) < 4.78 is 0. The van der Waals surface area contributed by atoms with E-state index in [4.69, 9.17) is 0 Å². The molecule has 0 atom stereocenters. The topological polar surface area (TPSA) is 46.0 Å². The third-order valence-corrected chi connectivity index (χ3v) is 3.75. The number of aryl methyl sites for hydroxylation is 3. The first-order chi connectivity index (χ1) is 10.5. The maximum absolute atomic E-state index is 10.2. The monoisotopic (exact) mass is 290 g/mol. The first kappa shape index (κ1) is 14.3. The van der Waals surface area contributed by atoms with Crippen LogP contribution in [-0.4, -0.2) is 15.1 Å². The van der Waals surface area contributed by atoms with E-state index >= 15 is 0 Å². The first-order valence-corrected chi connectivity index (χ1v) is 7.25. The lowest BCUT2D eigenvalue weighted by Crippen LogP contribution is -1.89. The number of hydrogen-bond acceptors (Lipinski definition) is 3. The predicted molar refractivity (Wildman–Crippen MR) is 90.8 cm³/mol. The Kier molecular flexibility index (Phi) is 3.63. The second-order valence-electron chi connectivity index (χ2n) is 5.56. The van der Waals surface area contributed by atoms with E-state index < -0.39 is 0 Å². The molecule has 22 heavy (non-hydrogen) atoms. The molecule has 3 nitrogen and oxygen atoms in total. The van der Waals surface area contributed by atoms with Crippen LogP contribution < -0.4 is 0 Å². The van der Waals surface area contributed by atoms with Gasteiger partial charge >= 0.3 is 0 Å². The largest absolute Gasteiger partial charge is 0.505 e. The molecule has 0 unspecified atom stereocenters. The van der Waals surface area contributed by atoms with E-state index in [1.165, 1.54) is 0 Å². The summed E-state index contributed by atoms with van der Waals surface area (Å²) in [5.41, 5.74) is 5.46. The van der Waals surface area contributed by atoms with E-state index in [-0.39, 0.29) is 5.75 Å². The van der Waals surface area contributed by atoms with Crippen molar-refractivity contribution in [3.8, 4) is 5.75 Å². The van der Waals surface area contributed by atoms with Gasteiger partial charge in [-0.15, -0.1) is 0 Å². The summed E-state index contributed by atoms with van der Waals surface area (Å²) in [7, 11) is 0. The first-order valence-electron chi connectivity index (χ1n) is 7.25. The molecule has 0 aliphatic carbocycles. The minimum Gasteiger partial charge on any atom is -0.505 e. The van der Waals surface area contributed by atoms with Crippen LogP contribution in [0.25, 0.3) is 23.1 Å². The minimum absolute atomic E-state index is 0.257. The highest BCUT2D eigenvalue weighted by molar-refractivity contribution is 5.89. The van der Waals surface area contributed by atoms with Gasteiger partial charge in [0.2, 0.25) is 0 Å². The standard InChI is InChI=1S/C19H18N2O/c1-12-10-13(2)19(22)18-17(12)9-8-16(21-18)7-6-15-5-4-14(3)20-11-15/h4-11,22H,1-3H3. The summed E-state index contributed by atoms with van der Waals surface area (Å²) in [6, 6.07) is 9.94.